The minimum Gasteiger partial charge on any atom is -0.341 e. The van der Waals surface area contributed by atoms with Gasteiger partial charge in [0.1, 0.15) is 12.4 Å². The molecular weight excluding hydrogens is 370 g/mol. The molecule has 0 aliphatic heterocycles. The van der Waals surface area contributed by atoms with Crippen molar-refractivity contribution in [3.05, 3.63) is 53.6 Å². The highest BCUT2D eigenvalue weighted by Gasteiger charge is 2.21. The number of carbonyl (C=O) groups excluding carboxylic acids is 1. The average molecular weight is 398 g/mol. The second-order valence-electron chi connectivity index (χ2n) is 8.08. The SMILES string of the molecule is CC(C)CN(CC(C)C)C(=O)Cn1c(-c2ccccc2Cl)nc2ccccc21. The van der Waals surface area contributed by atoms with Crippen LogP contribution in [0.3, 0.4) is 0 Å². The van der Waals surface area contributed by atoms with Crippen LogP contribution < -0.4 is 0 Å². The summed E-state index contributed by atoms with van der Waals surface area (Å²) in [7, 11) is 0. The fourth-order valence-electron chi connectivity index (χ4n) is 3.48. The molecule has 0 saturated heterocycles. The highest BCUT2D eigenvalue weighted by Crippen LogP contribution is 2.30. The quantitative estimate of drug-likeness (QED) is 0.528. The van der Waals surface area contributed by atoms with Gasteiger partial charge in [0.05, 0.1) is 16.1 Å². The summed E-state index contributed by atoms with van der Waals surface area (Å²) in [4.78, 5) is 20.0. The zero-order valence-electron chi connectivity index (χ0n) is 17.0. The fraction of sp³-hybridized carbons (Fsp3) is 0.391. The Balaban J connectivity index is 2.03. The fourth-order valence-corrected chi connectivity index (χ4v) is 3.70. The highest BCUT2D eigenvalue weighted by atomic mass is 35.5. The number of halogens is 1. The Labute approximate surface area is 172 Å². The lowest BCUT2D eigenvalue weighted by Gasteiger charge is -2.27. The molecule has 1 aromatic heterocycles. The molecule has 0 atom stereocenters. The van der Waals surface area contributed by atoms with Gasteiger partial charge in [-0.3, -0.25) is 4.79 Å². The standard InChI is InChI=1S/C23H28ClN3O/c1-16(2)13-26(14-17(3)4)22(28)15-27-21-12-8-7-11-20(21)25-23(27)18-9-5-6-10-19(18)24/h5-12,16-17H,13-15H2,1-4H3. The molecule has 148 valence electrons. The zero-order chi connectivity index (χ0) is 20.3. The molecule has 0 unspecified atom stereocenters. The molecule has 0 spiro atoms. The Hall–Kier alpha value is -2.33. The number of aromatic nitrogens is 2. The van der Waals surface area contributed by atoms with Crippen LogP contribution >= 0.6 is 11.6 Å². The molecule has 0 radical (unpaired) electrons. The molecule has 0 aliphatic carbocycles. The minimum absolute atomic E-state index is 0.110. The van der Waals surface area contributed by atoms with Gasteiger partial charge < -0.3 is 9.47 Å². The van der Waals surface area contributed by atoms with Crippen LogP contribution in [0.2, 0.25) is 5.02 Å². The smallest absolute Gasteiger partial charge is 0.242 e. The third kappa shape index (κ3) is 4.56. The summed E-state index contributed by atoms with van der Waals surface area (Å²) in [6.45, 7) is 10.3. The van der Waals surface area contributed by atoms with Crippen LogP contribution in [-0.4, -0.2) is 33.4 Å². The number of para-hydroxylation sites is 2. The van der Waals surface area contributed by atoms with Crippen molar-refractivity contribution in [2.75, 3.05) is 13.1 Å². The molecule has 0 N–H and O–H groups in total. The maximum atomic E-state index is 13.2. The van der Waals surface area contributed by atoms with Crippen molar-refractivity contribution in [1.82, 2.24) is 14.5 Å². The summed E-state index contributed by atoms with van der Waals surface area (Å²) in [5.41, 5.74) is 2.65. The third-order valence-corrected chi connectivity index (χ3v) is 4.92. The Kier molecular flexibility index (Phi) is 6.40. The maximum Gasteiger partial charge on any atom is 0.242 e. The number of hydrogen-bond acceptors (Lipinski definition) is 2. The predicted octanol–water partition coefficient (Wildman–Crippen LogP) is 5.50. The molecule has 1 amide bonds. The second-order valence-corrected chi connectivity index (χ2v) is 8.48. The number of imidazole rings is 1. The van der Waals surface area contributed by atoms with Crippen molar-refractivity contribution in [1.29, 1.82) is 0 Å². The van der Waals surface area contributed by atoms with Gasteiger partial charge in [0, 0.05) is 18.7 Å². The number of amides is 1. The molecular formula is C23H28ClN3O. The van der Waals surface area contributed by atoms with Gasteiger partial charge in [-0.2, -0.15) is 0 Å². The molecule has 4 nitrogen and oxygen atoms in total. The first kappa shape index (κ1) is 20.4. The van der Waals surface area contributed by atoms with Gasteiger partial charge in [0.15, 0.2) is 0 Å². The lowest BCUT2D eigenvalue weighted by atomic mass is 10.1. The monoisotopic (exact) mass is 397 g/mol. The topological polar surface area (TPSA) is 38.1 Å². The van der Waals surface area contributed by atoms with E-state index in [4.69, 9.17) is 16.6 Å². The number of hydrogen-bond donors (Lipinski definition) is 0. The Morgan fingerprint density at radius 1 is 1.00 bits per heavy atom. The second kappa shape index (κ2) is 8.78. The van der Waals surface area contributed by atoms with Gasteiger partial charge in [-0.15, -0.1) is 0 Å². The van der Waals surface area contributed by atoms with Crippen molar-refractivity contribution >= 4 is 28.5 Å². The number of rotatable bonds is 7. The van der Waals surface area contributed by atoms with E-state index < -0.39 is 0 Å². The van der Waals surface area contributed by atoms with Crippen molar-refractivity contribution < 1.29 is 4.79 Å². The van der Waals surface area contributed by atoms with Gasteiger partial charge in [-0.25, -0.2) is 4.98 Å². The van der Waals surface area contributed by atoms with E-state index in [-0.39, 0.29) is 12.5 Å². The van der Waals surface area contributed by atoms with Crippen LogP contribution in [0, 0.1) is 11.8 Å². The van der Waals surface area contributed by atoms with E-state index in [1.807, 2.05) is 58.0 Å². The number of carbonyl (C=O) groups is 1. The van der Waals surface area contributed by atoms with Crippen molar-refractivity contribution in [2.24, 2.45) is 11.8 Å². The van der Waals surface area contributed by atoms with Gasteiger partial charge >= 0.3 is 0 Å². The summed E-state index contributed by atoms with van der Waals surface area (Å²) >= 11 is 6.45. The molecule has 0 aliphatic rings. The molecule has 3 rings (SSSR count). The normalized spacial score (nSPS) is 11.5. The van der Waals surface area contributed by atoms with E-state index in [2.05, 4.69) is 27.7 Å². The van der Waals surface area contributed by atoms with Crippen LogP contribution in [0.5, 0.6) is 0 Å². The molecule has 2 aromatic carbocycles. The van der Waals surface area contributed by atoms with Crippen LogP contribution in [0.1, 0.15) is 27.7 Å². The average Bonchev–Trinajstić information content (AvgIpc) is 2.99. The van der Waals surface area contributed by atoms with Crippen molar-refractivity contribution in [3.8, 4) is 11.4 Å². The molecule has 28 heavy (non-hydrogen) atoms. The highest BCUT2D eigenvalue weighted by molar-refractivity contribution is 6.33. The number of fused-ring (bicyclic) bond motifs is 1. The van der Waals surface area contributed by atoms with E-state index in [9.17, 15) is 4.79 Å². The summed E-state index contributed by atoms with van der Waals surface area (Å²) in [6.07, 6.45) is 0. The Morgan fingerprint density at radius 2 is 1.61 bits per heavy atom. The third-order valence-electron chi connectivity index (χ3n) is 4.59. The molecule has 3 aromatic rings. The lowest BCUT2D eigenvalue weighted by Crippen LogP contribution is -2.39. The molecule has 0 saturated carbocycles. The first-order valence-electron chi connectivity index (χ1n) is 9.84. The molecule has 5 heteroatoms. The minimum atomic E-state index is 0.110. The van der Waals surface area contributed by atoms with E-state index in [1.165, 1.54) is 0 Å². The number of nitrogens with zero attached hydrogens (tertiary/aromatic N) is 3. The summed E-state index contributed by atoms with van der Waals surface area (Å²) < 4.78 is 1.99. The first-order chi connectivity index (χ1) is 13.4. The maximum absolute atomic E-state index is 13.2. The number of benzene rings is 2. The molecule has 1 heterocycles. The van der Waals surface area contributed by atoms with Crippen LogP contribution in [0.4, 0.5) is 0 Å². The largest absolute Gasteiger partial charge is 0.341 e. The van der Waals surface area contributed by atoms with E-state index >= 15 is 0 Å². The van der Waals surface area contributed by atoms with Gasteiger partial charge in [-0.05, 0) is 36.1 Å². The molecule has 0 fully saturated rings. The lowest BCUT2D eigenvalue weighted by molar-refractivity contribution is -0.132. The van der Waals surface area contributed by atoms with E-state index in [0.29, 0.717) is 16.9 Å². The van der Waals surface area contributed by atoms with Crippen LogP contribution in [-0.2, 0) is 11.3 Å². The van der Waals surface area contributed by atoms with E-state index in [1.54, 1.807) is 0 Å². The van der Waals surface area contributed by atoms with Crippen molar-refractivity contribution in [3.63, 3.8) is 0 Å². The van der Waals surface area contributed by atoms with Gasteiger partial charge in [0.2, 0.25) is 5.91 Å². The van der Waals surface area contributed by atoms with Crippen molar-refractivity contribution in [2.45, 2.75) is 34.2 Å². The van der Waals surface area contributed by atoms with Gasteiger partial charge in [-0.1, -0.05) is 63.6 Å². The summed E-state index contributed by atoms with van der Waals surface area (Å²) in [5.74, 6) is 1.68. The van der Waals surface area contributed by atoms with Gasteiger partial charge in [0.25, 0.3) is 0 Å². The zero-order valence-corrected chi connectivity index (χ0v) is 17.8. The Bertz CT molecular complexity index is 951. The summed E-state index contributed by atoms with van der Waals surface area (Å²) in [6, 6.07) is 15.6. The van der Waals surface area contributed by atoms with Crippen LogP contribution in [0.25, 0.3) is 22.4 Å². The van der Waals surface area contributed by atoms with E-state index in [0.717, 1.165) is 35.5 Å². The Morgan fingerprint density at radius 3 is 2.25 bits per heavy atom. The summed E-state index contributed by atoms with van der Waals surface area (Å²) in [5, 5.41) is 0.632. The predicted molar refractivity (Wildman–Crippen MR) is 116 cm³/mol. The molecule has 0 bridgehead atoms. The van der Waals surface area contributed by atoms with Crippen LogP contribution in [0.15, 0.2) is 48.5 Å². The first-order valence-corrected chi connectivity index (χ1v) is 10.2.